The molecule has 0 aliphatic rings. The molecule has 0 spiro atoms. The Morgan fingerprint density at radius 2 is 1.94 bits per heavy atom. The van der Waals surface area contributed by atoms with Gasteiger partial charge in [0.05, 0.1) is 5.52 Å². The molecule has 0 radical (unpaired) electrons. The van der Waals surface area contributed by atoms with Crippen molar-refractivity contribution in [3.63, 3.8) is 0 Å². The lowest BCUT2D eigenvalue weighted by Gasteiger charge is -2.10. The van der Waals surface area contributed by atoms with Gasteiger partial charge in [-0.25, -0.2) is 4.98 Å². The fourth-order valence-corrected chi connectivity index (χ4v) is 2.20. The molecule has 1 aromatic heterocycles. The van der Waals surface area contributed by atoms with Crippen LogP contribution in [0.4, 0.5) is 13.2 Å². The van der Waals surface area contributed by atoms with Crippen LogP contribution < -0.4 is 0 Å². The first-order valence-corrected chi connectivity index (χ1v) is 5.80. The zero-order chi connectivity index (χ0) is 12.8. The lowest BCUT2D eigenvalue weighted by molar-refractivity contribution is -0.141. The number of fused-ring (bicyclic) bond motifs is 1. The third-order valence-corrected chi connectivity index (χ3v) is 3.47. The molecule has 90 valence electrons. The van der Waals surface area contributed by atoms with Crippen LogP contribution in [0, 0.1) is 6.92 Å². The van der Waals surface area contributed by atoms with E-state index in [9.17, 15) is 13.2 Å². The summed E-state index contributed by atoms with van der Waals surface area (Å²) in [5, 5.41) is 1.01. The van der Waals surface area contributed by atoms with E-state index in [1.165, 1.54) is 0 Å². The number of rotatable bonds is 0. The molecule has 2 aromatic rings. The highest BCUT2D eigenvalue weighted by Crippen LogP contribution is 2.35. The van der Waals surface area contributed by atoms with Crippen LogP contribution in [-0.4, -0.2) is 4.98 Å². The van der Waals surface area contributed by atoms with Crippen molar-refractivity contribution in [1.29, 1.82) is 0 Å². The Labute approximate surface area is 109 Å². The second kappa shape index (κ2) is 4.14. The highest BCUT2D eigenvalue weighted by Gasteiger charge is 2.33. The Morgan fingerprint density at radius 3 is 2.53 bits per heavy atom. The predicted molar refractivity (Wildman–Crippen MR) is 64.2 cm³/mol. The Kier molecular flexibility index (Phi) is 3.08. The van der Waals surface area contributed by atoms with Crippen LogP contribution in [0.25, 0.3) is 10.9 Å². The summed E-state index contributed by atoms with van der Waals surface area (Å²) >= 11 is 8.99. The molecule has 1 aromatic carbocycles. The van der Waals surface area contributed by atoms with E-state index in [1.54, 1.807) is 19.1 Å². The van der Waals surface area contributed by atoms with Crippen molar-refractivity contribution >= 4 is 38.4 Å². The van der Waals surface area contributed by atoms with E-state index in [4.69, 9.17) is 11.6 Å². The minimum Gasteiger partial charge on any atom is -0.243 e. The highest BCUT2D eigenvalue weighted by atomic mass is 79.9. The van der Waals surface area contributed by atoms with Gasteiger partial charge in [-0.15, -0.1) is 0 Å². The normalized spacial score (nSPS) is 12.1. The average Bonchev–Trinajstić information content (AvgIpc) is 2.22. The number of hydrogen-bond acceptors (Lipinski definition) is 1. The predicted octanol–water partition coefficient (Wildman–Crippen LogP) is 4.98. The molecule has 0 saturated heterocycles. The summed E-state index contributed by atoms with van der Waals surface area (Å²) in [6, 6.07) is 4.25. The first-order valence-electron chi connectivity index (χ1n) is 4.63. The van der Waals surface area contributed by atoms with Gasteiger partial charge in [0.1, 0.15) is 5.69 Å². The fraction of sp³-hybridized carbons (Fsp3) is 0.182. The third kappa shape index (κ3) is 2.26. The number of aromatic nitrogens is 1. The SMILES string of the molecule is Cc1c(Cl)ccc2c(Br)cc(C(F)(F)F)nc12. The molecule has 1 nitrogen and oxygen atoms in total. The topological polar surface area (TPSA) is 12.9 Å². The van der Waals surface area contributed by atoms with Crippen LogP contribution in [-0.2, 0) is 6.18 Å². The van der Waals surface area contributed by atoms with Gasteiger partial charge in [-0.3, -0.25) is 0 Å². The van der Waals surface area contributed by atoms with Crippen LogP contribution in [0.15, 0.2) is 22.7 Å². The number of benzene rings is 1. The van der Waals surface area contributed by atoms with Gasteiger partial charge in [0.2, 0.25) is 0 Å². The van der Waals surface area contributed by atoms with Crippen molar-refractivity contribution < 1.29 is 13.2 Å². The van der Waals surface area contributed by atoms with Crippen LogP contribution in [0.2, 0.25) is 5.02 Å². The lowest BCUT2D eigenvalue weighted by Crippen LogP contribution is -2.08. The van der Waals surface area contributed by atoms with Gasteiger partial charge in [-0.1, -0.05) is 33.6 Å². The lowest BCUT2D eigenvalue weighted by atomic mass is 10.1. The van der Waals surface area contributed by atoms with E-state index >= 15 is 0 Å². The van der Waals surface area contributed by atoms with Crippen molar-refractivity contribution in [3.8, 4) is 0 Å². The van der Waals surface area contributed by atoms with Gasteiger partial charge in [0, 0.05) is 14.9 Å². The number of halogens is 5. The number of alkyl halides is 3. The molecule has 0 saturated carbocycles. The Morgan fingerprint density at radius 1 is 1.29 bits per heavy atom. The van der Waals surface area contributed by atoms with E-state index < -0.39 is 11.9 Å². The first kappa shape index (κ1) is 12.6. The summed E-state index contributed by atoms with van der Waals surface area (Å²) in [5.74, 6) is 0. The molecule has 0 unspecified atom stereocenters. The summed E-state index contributed by atoms with van der Waals surface area (Å²) in [6.07, 6.45) is -4.47. The standard InChI is InChI=1S/C11H6BrClF3N/c1-5-8(13)3-2-6-7(12)4-9(11(14,15)16)17-10(5)6/h2-4H,1H3. The third-order valence-electron chi connectivity index (χ3n) is 2.41. The Hall–Kier alpha value is -0.810. The first-order chi connectivity index (χ1) is 7.80. The largest absolute Gasteiger partial charge is 0.433 e. The molecular weight excluding hydrogens is 318 g/mol. The van der Waals surface area contributed by atoms with Crippen LogP contribution >= 0.6 is 27.5 Å². The van der Waals surface area contributed by atoms with E-state index in [-0.39, 0.29) is 5.52 Å². The maximum atomic E-state index is 12.6. The van der Waals surface area contributed by atoms with E-state index in [0.717, 1.165) is 6.07 Å². The minimum atomic E-state index is -4.47. The zero-order valence-electron chi connectivity index (χ0n) is 8.57. The van der Waals surface area contributed by atoms with Crippen molar-refractivity contribution in [2.75, 3.05) is 0 Å². The van der Waals surface area contributed by atoms with Gasteiger partial charge < -0.3 is 0 Å². The molecular formula is C11H6BrClF3N. The van der Waals surface area contributed by atoms with E-state index in [2.05, 4.69) is 20.9 Å². The summed E-state index contributed by atoms with van der Waals surface area (Å²) < 4.78 is 38.2. The number of nitrogens with zero attached hydrogens (tertiary/aromatic N) is 1. The molecule has 1 heterocycles. The number of pyridine rings is 1. The molecule has 6 heteroatoms. The molecule has 0 amide bonds. The van der Waals surface area contributed by atoms with Gasteiger partial charge in [0.25, 0.3) is 0 Å². The molecule has 17 heavy (non-hydrogen) atoms. The van der Waals surface area contributed by atoms with E-state index in [0.29, 0.717) is 20.4 Å². The summed E-state index contributed by atoms with van der Waals surface area (Å²) in [4.78, 5) is 3.63. The van der Waals surface area contributed by atoms with Crippen LogP contribution in [0.5, 0.6) is 0 Å². The van der Waals surface area contributed by atoms with Crippen molar-refractivity contribution in [1.82, 2.24) is 4.98 Å². The van der Waals surface area contributed by atoms with Gasteiger partial charge in [-0.05, 0) is 24.6 Å². The molecule has 0 aliphatic carbocycles. The average molecular weight is 325 g/mol. The quantitative estimate of drug-likeness (QED) is 0.666. The van der Waals surface area contributed by atoms with Crippen molar-refractivity contribution in [3.05, 3.63) is 39.0 Å². The molecule has 0 atom stereocenters. The zero-order valence-corrected chi connectivity index (χ0v) is 10.9. The molecule has 0 N–H and O–H groups in total. The van der Waals surface area contributed by atoms with Crippen molar-refractivity contribution in [2.24, 2.45) is 0 Å². The van der Waals surface area contributed by atoms with Crippen molar-refractivity contribution in [2.45, 2.75) is 13.1 Å². The maximum absolute atomic E-state index is 12.6. The second-order valence-electron chi connectivity index (χ2n) is 3.56. The number of hydrogen-bond donors (Lipinski definition) is 0. The molecule has 0 bridgehead atoms. The van der Waals surface area contributed by atoms with E-state index in [1.807, 2.05) is 0 Å². The minimum absolute atomic E-state index is 0.263. The molecule has 2 rings (SSSR count). The molecule has 0 aliphatic heterocycles. The summed E-state index contributed by atoms with van der Waals surface area (Å²) in [5.41, 5.74) is -0.127. The van der Waals surface area contributed by atoms with Gasteiger partial charge in [0.15, 0.2) is 0 Å². The highest BCUT2D eigenvalue weighted by molar-refractivity contribution is 9.10. The summed E-state index contributed by atoms with van der Waals surface area (Å²) in [6.45, 7) is 1.64. The molecule has 0 fully saturated rings. The number of aryl methyl sites for hydroxylation is 1. The monoisotopic (exact) mass is 323 g/mol. The van der Waals surface area contributed by atoms with Crippen LogP contribution in [0.1, 0.15) is 11.3 Å². The van der Waals surface area contributed by atoms with Gasteiger partial charge >= 0.3 is 6.18 Å². The maximum Gasteiger partial charge on any atom is 0.433 e. The summed E-state index contributed by atoms with van der Waals surface area (Å²) in [7, 11) is 0. The Bertz CT molecular complexity index is 595. The fourth-order valence-electron chi connectivity index (χ4n) is 1.51. The van der Waals surface area contributed by atoms with Gasteiger partial charge in [-0.2, -0.15) is 13.2 Å². The van der Waals surface area contributed by atoms with Crippen LogP contribution in [0.3, 0.4) is 0 Å². The Balaban J connectivity index is 2.84. The smallest absolute Gasteiger partial charge is 0.243 e. The second-order valence-corrected chi connectivity index (χ2v) is 4.82.